The molecule has 0 amide bonds. The first-order valence-corrected chi connectivity index (χ1v) is 16.6. The molecule has 7 heteroatoms. The monoisotopic (exact) mass is 704 g/mol. The molecular weight excluding hydrogens is 675 g/mol. The number of aliphatic hydroxyl groups is 2. The minimum atomic E-state index is -1.30. The van der Waals surface area contributed by atoms with E-state index < -0.39 is 12.2 Å². The fraction of sp³-hybridized carbons (Fsp3) is 0.0455. The Kier molecular flexibility index (Phi) is 8.54. The van der Waals surface area contributed by atoms with Crippen molar-refractivity contribution in [2.75, 3.05) is 0 Å². The van der Waals surface area contributed by atoms with Crippen LogP contribution >= 0.6 is 0 Å². The number of benzene rings is 4. The van der Waals surface area contributed by atoms with Crippen LogP contribution in [0.2, 0.25) is 0 Å². The van der Waals surface area contributed by atoms with Gasteiger partial charge in [-0.1, -0.05) is 146 Å². The van der Waals surface area contributed by atoms with Gasteiger partial charge in [0.15, 0.2) is 0 Å². The zero-order chi connectivity index (χ0) is 33.6. The van der Waals surface area contributed by atoms with Crippen LogP contribution in [-0.2, 0) is 16.5 Å². The van der Waals surface area contributed by atoms with Gasteiger partial charge in [-0.2, -0.15) is 0 Å². The molecule has 0 fully saturated rings. The predicted molar refractivity (Wildman–Crippen MR) is 200 cm³/mol. The van der Waals surface area contributed by atoms with Crippen LogP contribution in [-0.4, -0.2) is 20.2 Å². The Balaban J connectivity index is 0.00000374. The van der Waals surface area contributed by atoms with Gasteiger partial charge in [-0.15, -0.1) is 22.1 Å². The van der Waals surface area contributed by atoms with Crippen LogP contribution in [0.1, 0.15) is 35.0 Å². The SMILES string of the molecule is O[C@@H]1c2nc(c(-c3ccccc3)c3ccc([n-]3)c(-c3ccccc3)c3nc(c(-c4ccccc4)c4ccc([n-]4)c2-c2ccccc2)C=C3)[C@@H]1O.[Ni+2]. The third-order valence-electron chi connectivity index (χ3n) is 9.32. The molecule has 248 valence electrons. The maximum atomic E-state index is 11.8. The van der Waals surface area contributed by atoms with Crippen molar-refractivity contribution in [2.24, 2.45) is 0 Å². The first kappa shape index (κ1) is 32.4. The molecule has 0 unspecified atom stereocenters. The van der Waals surface area contributed by atoms with E-state index in [0.29, 0.717) is 33.5 Å². The summed E-state index contributed by atoms with van der Waals surface area (Å²) in [4.78, 5) is 20.8. The molecule has 4 aromatic carbocycles. The second kappa shape index (κ2) is 13.5. The smallest absolute Gasteiger partial charge is 0.657 e. The van der Waals surface area contributed by atoms with Gasteiger partial charge >= 0.3 is 16.5 Å². The van der Waals surface area contributed by atoms with Crippen LogP contribution in [0.3, 0.4) is 0 Å². The van der Waals surface area contributed by atoms with Crippen LogP contribution in [0.4, 0.5) is 0 Å². The molecule has 8 bridgehead atoms. The van der Waals surface area contributed by atoms with Gasteiger partial charge in [0.25, 0.3) is 0 Å². The number of nitrogens with zero attached hydrogens (tertiary/aromatic N) is 4. The summed E-state index contributed by atoms with van der Waals surface area (Å²) in [7, 11) is 0. The van der Waals surface area contributed by atoms with Crippen molar-refractivity contribution in [1.29, 1.82) is 0 Å². The summed E-state index contributed by atoms with van der Waals surface area (Å²) < 4.78 is 0. The number of hydrogen-bond acceptors (Lipinski definition) is 4. The largest absolute Gasteiger partial charge is 2.00 e. The van der Waals surface area contributed by atoms with Gasteiger partial charge in [-0.25, -0.2) is 4.98 Å². The zero-order valence-electron chi connectivity index (χ0n) is 27.2. The van der Waals surface area contributed by atoms with Gasteiger partial charge in [0.05, 0.1) is 22.8 Å². The van der Waals surface area contributed by atoms with E-state index in [0.717, 1.165) is 55.8 Å². The Morgan fingerprint density at radius 3 is 1.00 bits per heavy atom. The number of aliphatic hydroxyl groups excluding tert-OH is 2. The predicted octanol–water partition coefficient (Wildman–Crippen LogP) is 9.18. The molecule has 3 aromatic heterocycles. The van der Waals surface area contributed by atoms with E-state index in [1.807, 2.05) is 133 Å². The maximum absolute atomic E-state index is 11.8. The molecule has 2 atom stereocenters. The van der Waals surface area contributed by atoms with Gasteiger partial charge in [-0.05, 0) is 56.7 Å². The molecule has 9 rings (SSSR count). The molecule has 51 heavy (non-hydrogen) atoms. The van der Waals surface area contributed by atoms with Gasteiger partial charge < -0.3 is 20.2 Å². The Morgan fingerprint density at radius 2 is 0.667 bits per heavy atom. The number of aromatic nitrogens is 4. The number of hydrogen-bond donors (Lipinski definition) is 2. The van der Waals surface area contributed by atoms with Crippen LogP contribution in [0.5, 0.6) is 0 Å². The average molecular weight is 705 g/mol. The Morgan fingerprint density at radius 1 is 0.373 bits per heavy atom. The van der Waals surface area contributed by atoms with Crippen LogP contribution in [0.15, 0.2) is 146 Å². The maximum Gasteiger partial charge on any atom is 2.00 e. The van der Waals surface area contributed by atoms with E-state index in [2.05, 4.69) is 24.3 Å². The summed E-state index contributed by atoms with van der Waals surface area (Å²) in [6.45, 7) is 0. The molecule has 5 heterocycles. The quantitative estimate of drug-likeness (QED) is 0.178. The van der Waals surface area contributed by atoms with Crippen LogP contribution in [0, 0.1) is 0 Å². The van der Waals surface area contributed by atoms with E-state index in [1.54, 1.807) is 0 Å². The first-order valence-electron chi connectivity index (χ1n) is 16.6. The Hall–Kier alpha value is -5.85. The summed E-state index contributed by atoms with van der Waals surface area (Å²) in [6, 6.07) is 47.8. The van der Waals surface area contributed by atoms with Crippen molar-refractivity contribution >= 4 is 34.2 Å². The standard InChI is InChI=1S/C44H30N4O2.Ni/c49-43-41-39(29-17-9-3-10-18-29)35-25-23-33(46-35)37(27-13-5-1-6-14-27)31-21-22-32(45-31)38(28-15-7-2-8-16-28)34-24-26-36(47-34)40(42(48-41)44(43)50)30-19-11-4-12-20-30;/h1-26,43-44,49-50H;/q-2;+2/t43-,44+;. The molecule has 0 aliphatic carbocycles. The first-order chi connectivity index (χ1) is 24.6. The number of fused-ring (bicyclic) bond motifs is 8. The molecule has 6 nitrogen and oxygen atoms in total. The van der Waals surface area contributed by atoms with E-state index in [9.17, 15) is 10.2 Å². The van der Waals surface area contributed by atoms with Crippen molar-refractivity contribution in [3.63, 3.8) is 0 Å². The fourth-order valence-corrected chi connectivity index (χ4v) is 7.02. The Bertz CT molecular complexity index is 2390. The van der Waals surface area contributed by atoms with E-state index in [1.165, 1.54) is 0 Å². The molecule has 7 aromatic rings. The second-order valence-electron chi connectivity index (χ2n) is 12.4. The number of rotatable bonds is 4. The minimum absolute atomic E-state index is 0. The van der Waals surface area contributed by atoms with Gasteiger partial charge in [-0.3, -0.25) is 4.98 Å². The average Bonchev–Trinajstić information content (AvgIpc) is 3.99. The van der Waals surface area contributed by atoms with Crippen LogP contribution in [0.25, 0.3) is 78.7 Å². The van der Waals surface area contributed by atoms with Crippen molar-refractivity contribution in [3.8, 4) is 44.5 Å². The van der Waals surface area contributed by atoms with Gasteiger partial charge in [0.2, 0.25) is 0 Å². The van der Waals surface area contributed by atoms with Crippen molar-refractivity contribution in [1.82, 2.24) is 19.9 Å². The summed E-state index contributed by atoms with van der Waals surface area (Å²) in [5, 5.41) is 23.6. The Labute approximate surface area is 304 Å². The normalized spacial score (nSPS) is 15.0. The van der Waals surface area contributed by atoms with E-state index in [4.69, 9.17) is 19.9 Å². The molecular formula is C44H30N4NiO2. The fourth-order valence-electron chi connectivity index (χ4n) is 7.02. The van der Waals surface area contributed by atoms with E-state index in [-0.39, 0.29) is 16.5 Å². The third-order valence-corrected chi connectivity index (χ3v) is 9.32. The second-order valence-corrected chi connectivity index (χ2v) is 12.4. The zero-order valence-corrected chi connectivity index (χ0v) is 28.2. The molecule has 2 aliphatic heterocycles. The third kappa shape index (κ3) is 5.72. The van der Waals surface area contributed by atoms with Crippen LogP contribution < -0.4 is 9.97 Å². The van der Waals surface area contributed by atoms with Gasteiger partial charge in [0, 0.05) is 0 Å². The van der Waals surface area contributed by atoms with Crippen molar-refractivity contribution < 1.29 is 26.7 Å². The topological polar surface area (TPSA) is 94.4 Å². The molecule has 0 saturated carbocycles. The van der Waals surface area contributed by atoms with Gasteiger partial charge in [0.1, 0.15) is 12.2 Å². The summed E-state index contributed by atoms with van der Waals surface area (Å²) >= 11 is 0. The molecule has 2 N–H and O–H groups in total. The molecule has 0 radical (unpaired) electrons. The summed E-state index contributed by atoms with van der Waals surface area (Å²) in [5.41, 5.74) is 11.7. The summed E-state index contributed by atoms with van der Waals surface area (Å²) in [6.07, 6.45) is 1.49. The summed E-state index contributed by atoms with van der Waals surface area (Å²) in [5.74, 6) is 0. The molecule has 0 saturated heterocycles. The minimum Gasteiger partial charge on any atom is -0.657 e. The van der Waals surface area contributed by atoms with Crippen molar-refractivity contribution in [2.45, 2.75) is 12.2 Å². The molecule has 0 spiro atoms. The van der Waals surface area contributed by atoms with Crippen molar-refractivity contribution in [3.05, 3.63) is 168 Å². The van der Waals surface area contributed by atoms with E-state index >= 15 is 0 Å². The molecule has 2 aliphatic rings.